The number of halogens is 1. The number of amides is 1. The van der Waals surface area contributed by atoms with Gasteiger partial charge in [0.2, 0.25) is 5.91 Å². The molecule has 1 heterocycles. The second kappa shape index (κ2) is 5.81. The third-order valence-corrected chi connectivity index (χ3v) is 4.28. The number of nitrogens with zero attached hydrogens (tertiary/aromatic N) is 2. The number of hydrazone groups is 1. The van der Waals surface area contributed by atoms with Crippen molar-refractivity contribution in [1.82, 2.24) is 8.54 Å². The molecule has 0 aromatic carbocycles. The molecule has 6 heteroatoms. The molecule has 1 rings (SSSR count). The van der Waals surface area contributed by atoms with Gasteiger partial charge in [0.05, 0.1) is 28.4 Å². The lowest BCUT2D eigenvalue weighted by atomic mass is 9.86. The standard InChI is InChI=1S/C10H18IN3O2/c1-4-8-5-13-14(11)10(8,2)7-12-9(15)6-16-3/h5,8H,4,6-7H2,1-3H3,(H,12,15). The molecule has 1 aliphatic heterocycles. The van der Waals surface area contributed by atoms with Gasteiger partial charge in [-0.2, -0.15) is 5.10 Å². The molecule has 0 saturated heterocycles. The summed E-state index contributed by atoms with van der Waals surface area (Å²) >= 11 is 2.17. The summed E-state index contributed by atoms with van der Waals surface area (Å²) in [5, 5.41) is 7.15. The van der Waals surface area contributed by atoms with E-state index >= 15 is 0 Å². The first-order chi connectivity index (χ1) is 7.54. The van der Waals surface area contributed by atoms with Gasteiger partial charge in [0.15, 0.2) is 0 Å². The predicted molar refractivity (Wildman–Crippen MR) is 71.4 cm³/mol. The largest absolute Gasteiger partial charge is 0.375 e. The van der Waals surface area contributed by atoms with E-state index in [1.165, 1.54) is 7.11 Å². The van der Waals surface area contributed by atoms with Crippen molar-refractivity contribution in [1.29, 1.82) is 0 Å². The van der Waals surface area contributed by atoms with Gasteiger partial charge in [-0.15, -0.1) is 0 Å². The monoisotopic (exact) mass is 339 g/mol. The zero-order valence-corrected chi connectivity index (χ0v) is 12.0. The fourth-order valence-corrected chi connectivity index (χ4v) is 2.44. The Morgan fingerprint density at radius 1 is 1.75 bits per heavy atom. The highest BCUT2D eigenvalue weighted by Gasteiger charge is 2.41. The highest BCUT2D eigenvalue weighted by atomic mass is 127. The predicted octanol–water partition coefficient (Wildman–Crippen LogP) is 1.19. The van der Waals surface area contributed by atoms with Gasteiger partial charge in [0, 0.05) is 25.8 Å². The van der Waals surface area contributed by atoms with Crippen LogP contribution in [-0.2, 0) is 9.53 Å². The normalized spacial score (nSPS) is 28.5. The number of methoxy groups -OCH3 is 1. The SMILES string of the molecule is CCC1C=NN(I)C1(C)CNC(=O)COC. The minimum Gasteiger partial charge on any atom is -0.375 e. The van der Waals surface area contributed by atoms with E-state index in [2.05, 4.69) is 47.1 Å². The molecule has 0 aromatic rings. The number of carbonyl (C=O) groups excluding carboxylic acids is 1. The lowest BCUT2D eigenvalue weighted by Gasteiger charge is -2.34. The first-order valence-corrected chi connectivity index (χ1v) is 6.26. The molecule has 92 valence electrons. The summed E-state index contributed by atoms with van der Waals surface area (Å²) in [4.78, 5) is 11.3. The van der Waals surface area contributed by atoms with E-state index < -0.39 is 0 Å². The van der Waals surface area contributed by atoms with E-state index in [1.807, 2.05) is 9.44 Å². The molecule has 0 saturated carbocycles. The van der Waals surface area contributed by atoms with Crippen LogP contribution in [0, 0.1) is 5.92 Å². The lowest BCUT2D eigenvalue weighted by Crippen LogP contribution is -2.50. The molecular weight excluding hydrogens is 321 g/mol. The van der Waals surface area contributed by atoms with Crippen molar-refractivity contribution in [3.05, 3.63) is 0 Å². The van der Waals surface area contributed by atoms with E-state index in [-0.39, 0.29) is 18.1 Å². The summed E-state index contributed by atoms with van der Waals surface area (Å²) in [6, 6.07) is 0. The van der Waals surface area contributed by atoms with Gasteiger partial charge in [-0.25, -0.2) is 3.22 Å². The third kappa shape index (κ3) is 2.85. The van der Waals surface area contributed by atoms with E-state index in [0.717, 1.165) is 6.42 Å². The summed E-state index contributed by atoms with van der Waals surface area (Å²) in [7, 11) is 1.51. The lowest BCUT2D eigenvalue weighted by molar-refractivity contribution is -0.125. The molecule has 2 unspecified atom stereocenters. The van der Waals surface area contributed by atoms with Gasteiger partial charge in [-0.3, -0.25) is 4.79 Å². The van der Waals surface area contributed by atoms with Crippen LogP contribution in [0.25, 0.3) is 0 Å². The van der Waals surface area contributed by atoms with Gasteiger partial charge in [0.1, 0.15) is 6.61 Å². The molecule has 1 N–H and O–H groups in total. The fourth-order valence-electron chi connectivity index (χ4n) is 1.77. The minimum absolute atomic E-state index is 0.0877. The Labute approximate surface area is 110 Å². The number of nitrogens with one attached hydrogen (secondary N) is 1. The van der Waals surface area contributed by atoms with Crippen molar-refractivity contribution in [2.75, 3.05) is 20.3 Å². The van der Waals surface area contributed by atoms with Crippen LogP contribution in [0.3, 0.4) is 0 Å². The molecule has 0 aromatic heterocycles. The molecule has 2 atom stereocenters. The molecule has 0 spiro atoms. The maximum Gasteiger partial charge on any atom is 0.246 e. The van der Waals surface area contributed by atoms with Gasteiger partial charge < -0.3 is 10.1 Å². The van der Waals surface area contributed by atoms with E-state index in [4.69, 9.17) is 4.74 Å². The average molecular weight is 339 g/mol. The Balaban J connectivity index is 2.53. The van der Waals surface area contributed by atoms with Gasteiger partial charge in [-0.05, 0) is 13.3 Å². The average Bonchev–Trinajstić information content (AvgIpc) is 2.54. The summed E-state index contributed by atoms with van der Waals surface area (Å²) in [5.74, 6) is 0.280. The Bertz CT molecular complexity index is 285. The van der Waals surface area contributed by atoms with Gasteiger partial charge in [0.25, 0.3) is 0 Å². The van der Waals surface area contributed by atoms with Crippen molar-refractivity contribution in [2.45, 2.75) is 25.8 Å². The first-order valence-electron chi connectivity index (χ1n) is 5.30. The van der Waals surface area contributed by atoms with Crippen LogP contribution in [0.5, 0.6) is 0 Å². The molecular formula is C10H18IN3O2. The fraction of sp³-hybridized carbons (Fsp3) is 0.800. The van der Waals surface area contributed by atoms with Gasteiger partial charge >= 0.3 is 0 Å². The highest BCUT2D eigenvalue weighted by molar-refractivity contribution is 14.1. The van der Waals surface area contributed by atoms with Crippen molar-refractivity contribution >= 4 is 35.0 Å². The number of hydrogen-bond acceptors (Lipinski definition) is 4. The Kier molecular flexibility index (Phi) is 4.97. The van der Waals surface area contributed by atoms with Crippen molar-refractivity contribution in [3.63, 3.8) is 0 Å². The minimum atomic E-state index is -0.140. The second-order valence-corrected chi connectivity index (χ2v) is 5.02. The van der Waals surface area contributed by atoms with Crippen molar-refractivity contribution < 1.29 is 9.53 Å². The Hall–Kier alpha value is -0.370. The topological polar surface area (TPSA) is 53.9 Å². The van der Waals surface area contributed by atoms with Crippen LogP contribution in [0.2, 0.25) is 0 Å². The Morgan fingerprint density at radius 3 is 3.00 bits per heavy atom. The quantitative estimate of drug-likeness (QED) is 0.605. The van der Waals surface area contributed by atoms with Crippen LogP contribution in [0.1, 0.15) is 20.3 Å². The van der Waals surface area contributed by atoms with Crippen molar-refractivity contribution in [2.24, 2.45) is 11.0 Å². The molecule has 16 heavy (non-hydrogen) atoms. The summed E-state index contributed by atoms with van der Waals surface area (Å²) in [5.41, 5.74) is -0.140. The molecule has 1 aliphatic rings. The van der Waals surface area contributed by atoms with E-state index in [9.17, 15) is 4.79 Å². The molecule has 0 bridgehead atoms. The summed E-state index contributed by atoms with van der Waals surface area (Å²) in [6.07, 6.45) is 2.97. The second-order valence-electron chi connectivity index (χ2n) is 4.11. The number of hydrogen-bond donors (Lipinski definition) is 1. The molecule has 5 nitrogen and oxygen atoms in total. The summed E-state index contributed by atoms with van der Waals surface area (Å²) in [6.45, 7) is 4.92. The number of rotatable bonds is 5. The van der Waals surface area contributed by atoms with Crippen LogP contribution < -0.4 is 5.32 Å². The van der Waals surface area contributed by atoms with Crippen molar-refractivity contribution in [3.8, 4) is 0 Å². The maximum atomic E-state index is 11.3. The molecule has 0 radical (unpaired) electrons. The van der Waals surface area contributed by atoms with Crippen LogP contribution in [0.15, 0.2) is 5.10 Å². The molecule has 1 amide bonds. The van der Waals surface area contributed by atoms with Crippen LogP contribution in [-0.4, -0.2) is 41.1 Å². The maximum absolute atomic E-state index is 11.3. The Morgan fingerprint density at radius 2 is 2.44 bits per heavy atom. The number of ether oxygens (including phenoxy) is 1. The van der Waals surface area contributed by atoms with E-state index in [0.29, 0.717) is 12.5 Å². The summed E-state index contributed by atoms with van der Waals surface area (Å²) < 4.78 is 6.67. The highest BCUT2D eigenvalue weighted by Crippen LogP contribution is 2.34. The van der Waals surface area contributed by atoms with Crippen LogP contribution in [0.4, 0.5) is 0 Å². The third-order valence-electron chi connectivity index (χ3n) is 2.93. The first kappa shape index (κ1) is 13.7. The molecule has 0 aliphatic carbocycles. The van der Waals surface area contributed by atoms with Gasteiger partial charge in [-0.1, -0.05) is 6.92 Å². The smallest absolute Gasteiger partial charge is 0.246 e. The van der Waals surface area contributed by atoms with E-state index in [1.54, 1.807) is 0 Å². The zero-order valence-electron chi connectivity index (χ0n) is 9.86. The van der Waals surface area contributed by atoms with Crippen LogP contribution >= 0.6 is 22.9 Å². The number of carbonyl (C=O) groups is 1. The zero-order chi connectivity index (χ0) is 12.2. The molecule has 0 fully saturated rings.